The molecule has 0 aliphatic heterocycles. The largest absolute Gasteiger partial charge is 0.497 e. The van der Waals surface area contributed by atoms with Gasteiger partial charge in [0.2, 0.25) is 5.78 Å². The van der Waals surface area contributed by atoms with Gasteiger partial charge in [-0.15, -0.1) is 5.10 Å². The first-order valence-corrected chi connectivity index (χ1v) is 10.1. The number of rotatable bonds is 11. The van der Waals surface area contributed by atoms with Crippen molar-refractivity contribution in [2.24, 2.45) is 0 Å². The number of esters is 1. The van der Waals surface area contributed by atoms with Crippen molar-refractivity contribution in [3.8, 4) is 11.5 Å². The second-order valence-electron chi connectivity index (χ2n) is 6.83. The summed E-state index contributed by atoms with van der Waals surface area (Å²) in [6.07, 6.45) is 0. The molecule has 12 nitrogen and oxygen atoms in total. The summed E-state index contributed by atoms with van der Waals surface area (Å²) in [5.41, 5.74) is -0.618. The van der Waals surface area contributed by atoms with Crippen molar-refractivity contribution in [1.82, 2.24) is 15.0 Å². The number of ketones is 1. The fraction of sp³-hybridized carbons (Fsp3) is 0.273. The van der Waals surface area contributed by atoms with Crippen LogP contribution in [-0.2, 0) is 16.0 Å². The van der Waals surface area contributed by atoms with Gasteiger partial charge >= 0.3 is 5.97 Å². The lowest BCUT2D eigenvalue weighted by Gasteiger charge is -2.09. The first-order valence-electron chi connectivity index (χ1n) is 10.1. The number of nitrogens with zero attached hydrogens (tertiary/aromatic N) is 4. The average Bonchev–Trinajstić information content (AvgIpc) is 3.26. The molecular weight excluding hydrogens is 448 g/mol. The third-order valence-electron chi connectivity index (χ3n) is 4.66. The van der Waals surface area contributed by atoms with Crippen LogP contribution in [0.3, 0.4) is 0 Å². The molecule has 0 atom stereocenters. The minimum absolute atomic E-state index is 0.0475. The van der Waals surface area contributed by atoms with Crippen LogP contribution in [0.1, 0.15) is 39.0 Å². The summed E-state index contributed by atoms with van der Waals surface area (Å²) in [5.74, 6) is -0.894. The average molecular weight is 470 g/mol. The zero-order valence-corrected chi connectivity index (χ0v) is 18.7. The van der Waals surface area contributed by atoms with Crippen LogP contribution in [-0.4, -0.2) is 59.3 Å². The van der Waals surface area contributed by atoms with Crippen LogP contribution in [0.2, 0.25) is 0 Å². The summed E-state index contributed by atoms with van der Waals surface area (Å²) in [6.45, 7) is 1.63. The van der Waals surface area contributed by atoms with E-state index in [1.807, 2.05) is 0 Å². The van der Waals surface area contributed by atoms with E-state index in [9.17, 15) is 19.7 Å². The van der Waals surface area contributed by atoms with Gasteiger partial charge in [-0.2, -0.15) is 0 Å². The number of nitro groups is 1. The van der Waals surface area contributed by atoms with Crippen molar-refractivity contribution < 1.29 is 33.5 Å². The van der Waals surface area contributed by atoms with Gasteiger partial charge < -0.3 is 18.9 Å². The molecule has 0 saturated carbocycles. The van der Waals surface area contributed by atoms with Gasteiger partial charge in [-0.25, -0.2) is 9.48 Å². The molecule has 178 valence electrons. The van der Waals surface area contributed by atoms with Crippen LogP contribution < -0.4 is 9.47 Å². The molecule has 3 rings (SSSR count). The third kappa shape index (κ3) is 5.35. The molecule has 0 N–H and O–H groups in total. The van der Waals surface area contributed by atoms with Gasteiger partial charge in [0, 0.05) is 7.11 Å². The smallest absolute Gasteiger partial charge is 0.359 e. The molecule has 1 aromatic heterocycles. The van der Waals surface area contributed by atoms with E-state index in [2.05, 4.69) is 10.3 Å². The van der Waals surface area contributed by atoms with E-state index in [4.69, 9.17) is 18.9 Å². The highest BCUT2D eigenvalue weighted by molar-refractivity contribution is 6.14. The van der Waals surface area contributed by atoms with Gasteiger partial charge in [-0.05, 0) is 36.8 Å². The van der Waals surface area contributed by atoms with Crippen LogP contribution >= 0.6 is 0 Å². The summed E-state index contributed by atoms with van der Waals surface area (Å²) in [6, 6.07) is 10.7. The third-order valence-corrected chi connectivity index (χ3v) is 4.66. The number of benzene rings is 2. The van der Waals surface area contributed by atoms with E-state index in [1.54, 1.807) is 38.3 Å². The minimum Gasteiger partial charge on any atom is -0.497 e. The summed E-state index contributed by atoms with van der Waals surface area (Å²) in [7, 11) is 2.94. The van der Waals surface area contributed by atoms with Gasteiger partial charge in [-0.1, -0.05) is 17.3 Å². The Labute approximate surface area is 194 Å². The quantitative estimate of drug-likeness (QED) is 0.135. The predicted molar refractivity (Wildman–Crippen MR) is 117 cm³/mol. The normalized spacial score (nSPS) is 10.6. The van der Waals surface area contributed by atoms with E-state index in [-0.39, 0.29) is 42.6 Å². The fourth-order valence-electron chi connectivity index (χ4n) is 3.08. The number of carbonyl (C=O) groups excluding carboxylic acids is 2. The second-order valence-corrected chi connectivity index (χ2v) is 6.83. The summed E-state index contributed by atoms with van der Waals surface area (Å²) in [5, 5.41) is 19.4. The van der Waals surface area contributed by atoms with Gasteiger partial charge in [0.05, 0.1) is 31.3 Å². The molecule has 0 aliphatic rings. The lowest BCUT2D eigenvalue weighted by Crippen LogP contribution is -2.18. The molecule has 12 heteroatoms. The molecule has 2 aromatic carbocycles. The summed E-state index contributed by atoms with van der Waals surface area (Å²) in [4.78, 5) is 36.9. The number of carbonyl (C=O) groups is 2. The second kappa shape index (κ2) is 11.0. The maximum Gasteiger partial charge on any atom is 0.359 e. The highest BCUT2D eigenvalue weighted by Gasteiger charge is 2.31. The van der Waals surface area contributed by atoms with Gasteiger partial charge in [0.1, 0.15) is 17.1 Å². The molecular formula is C22H22N4O8. The number of hydrogen-bond donors (Lipinski definition) is 0. The molecule has 34 heavy (non-hydrogen) atoms. The Morgan fingerprint density at radius 1 is 1.09 bits per heavy atom. The number of methoxy groups -OCH3 is 2. The van der Waals surface area contributed by atoms with E-state index < -0.39 is 22.4 Å². The Kier molecular flexibility index (Phi) is 7.88. The predicted octanol–water partition coefficient (Wildman–Crippen LogP) is 2.63. The highest BCUT2D eigenvalue weighted by Crippen LogP contribution is 2.28. The molecule has 1 heterocycles. The van der Waals surface area contributed by atoms with Crippen molar-refractivity contribution >= 4 is 17.4 Å². The van der Waals surface area contributed by atoms with Crippen molar-refractivity contribution in [3.63, 3.8) is 0 Å². The number of nitro benzene ring substituents is 1. The molecule has 0 unspecified atom stereocenters. The Hall–Kier alpha value is -4.32. The number of hydrogen-bond acceptors (Lipinski definition) is 10. The van der Waals surface area contributed by atoms with Crippen molar-refractivity contribution in [1.29, 1.82) is 0 Å². The zero-order valence-electron chi connectivity index (χ0n) is 18.7. The number of ether oxygens (including phenoxy) is 4. The van der Waals surface area contributed by atoms with Gasteiger partial charge in [-0.3, -0.25) is 14.9 Å². The SMILES string of the molecule is CCOC(=O)c1c(C(=O)c2ccc(OCOC)cc2[N+](=O)[O-])nnn1Cc1ccc(OC)cc1. The molecule has 0 amide bonds. The van der Waals surface area contributed by atoms with E-state index in [0.717, 1.165) is 11.6 Å². The maximum absolute atomic E-state index is 13.3. The van der Waals surface area contributed by atoms with Crippen LogP contribution in [0.15, 0.2) is 42.5 Å². The van der Waals surface area contributed by atoms with Crippen LogP contribution in [0, 0.1) is 10.1 Å². The van der Waals surface area contributed by atoms with E-state index in [0.29, 0.717) is 5.75 Å². The van der Waals surface area contributed by atoms with E-state index in [1.165, 1.54) is 23.9 Å². The van der Waals surface area contributed by atoms with Crippen molar-refractivity contribution in [3.05, 3.63) is 75.1 Å². The molecule has 0 spiro atoms. The summed E-state index contributed by atoms with van der Waals surface area (Å²) >= 11 is 0. The maximum atomic E-state index is 13.3. The Bertz CT molecular complexity index is 1190. The lowest BCUT2D eigenvalue weighted by atomic mass is 10.0. The highest BCUT2D eigenvalue weighted by atomic mass is 16.7. The Balaban J connectivity index is 2.02. The fourth-order valence-corrected chi connectivity index (χ4v) is 3.08. The van der Waals surface area contributed by atoms with Gasteiger partial charge in [0.15, 0.2) is 18.2 Å². The molecule has 0 bridgehead atoms. The monoisotopic (exact) mass is 470 g/mol. The summed E-state index contributed by atoms with van der Waals surface area (Å²) < 4.78 is 21.4. The van der Waals surface area contributed by atoms with Crippen molar-refractivity contribution in [2.45, 2.75) is 13.5 Å². The molecule has 3 aromatic rings. The van der Waals surface area contributed by atoms with Gasteiger partial charge in [0.25, 0.3) is 5.69 Å². The molecule has 0 saturated heterocycles. The Morgan fingerprint density at radius 2 is 1.79 bits per heavy atom. The topological polar surface area (TPSA) is 145 Å². The van der Waals surface area contributed by atoms with Crippen molar-refractivity contribution in [2.75, 3.05) is 27.6 Å². The lowest BCUT2D eigenvalue weighted by molar-refractivity contribution is -0.385. The standard InChI is InChI=1S/C22H22N4O8/c1-4-33-22(28)20-19(23-24-25(20)12-14-5-7-15(32-3)8-6-14)21(27)17-10-9-16(34-13-31-2)11-18(17)26(29)30/h5-11H,4,12-13H2,1-3H3. The minimum atomic E-state index is -0.853. The van der Waals surface area contributed by atoms with Crippen LogP contribution in [0.25, 0.3) is 0 Å². The Morgan fingerprint density at radius 3 is 2.41 bits per heavy atom. The molecule has 0 aliphatic carbocycles. The van der Waals surface area contributed by atoms with Crippen LogP contribution in [0.4, 0.5) is 5.69 Å². The number of aromatic nitrogens is 3. The molecule has 0 radical (unpaired) electrons. The molecule has 0 fully saturated rings. The first-order chi connectivity index (χ1) is 16.4. The first kappa shape index (κ1) is 24.3. The zero-order chi connectivity index (χ0) is 24.7. The van der Waals surface area contributed by atoms with E-state index >= 15 is 0 Å². The van der Waals surface area contributed by atoms with Crippen LogP contribution in [0.5, 0.6) is 11.5 Å².